The summed E-state index contributed by atoms with van der Waals surface area (Å²) in [6.45, 7) is 16.4. The van der Waals surface area contributed by atoms with Gasteiger partial charge in [-0.2, -0.15) is 5.10 Å². The first kappa shape index (κ1) is 27.5. The molecule has 0 radical (unpaired) electrons. The first-order valence-corrected chi connectivity index (χ1v) is 10.8. The van der Waals surface area contributed by atoms with Crippen molar-refractivity contribution in [1.29, 1.82) is 0 Å². The quantitative estimate of drug-likeness (QED) is 0.235. The number of hydrogen-bond acceptors (Lipinski definition) is 5. The van der Waals surface area contributed by atoms with E-state index in [-0.39, 0.29) is 30.1 Å². The minimum absolute atomic E-state index is 0. The van der Waals surface area contributed by atoms with Gasteiger partial charge in [0, 0.05) is 65.1 Å². The lowest BCUT2D eigenvalue weighted by atomic mass is 10.2. The molecule has 0 aromatic carbocycles. The second-order valence-corrected chi connectivity index (χ2v) is 8.74. The van der Waals surface area contributed by atoms with Crippen molar-refractivity contribution in [2.24, 2.45) is 4.99 Å². The third-order valence-electron chi connectivity index (χ3n) is 4.91. The van der Waals surface area contributed by atoms with Crippen LogP contribution >= 0.6 is 24.0 Å². The van der Waals surface area contributed by atoms with Crippen LogP contribution in [-0.4, -0.2) is 90.1 Å². The van der Waals surface area contributed by atoms with Gasteiger partial charge in [-0.15, -0.1) is 24.0 Å². The maximum absolute atomic E-state index is 12.1. The van der Waals surface area contributed by atoms with Gasteiger partial charge in [-0.1, -0.05) is 0 Å². The van der Waals surface area contributed by atoms with Crippen molar-refractivity contribution in [2.75, 3.05) is 52.9 Å². The van der Waals surface area contributed by atoms with Crippen molar-refractivity contribution < 1.29 is 9.53 Å². The lowest BCUT2D eigenvalue weighted by Gasteiger charge is -2.35. The van der Waals surface area contributed by atoms with Gasteiger partial charge in [0.15, 0.2) is 5.96 Å². The van der Waals surface area contributed by atoms with Gasteiger partial charge in [0.1, 0.15) is 5.60 Å². The van der Waals surface area contributed by atoms with Crippen LogP contribution in [0, 0.1) is 13.8 Å². The van der Waals surface area contributed by atoms with Crippen LogP contribution in [0.2, 0.25) is 0 Å². The van der Waals surface area contributed by atoms with Gasteiger partial charge in [-0.25, -0.2) is 4.79 Å². The van der Waals surface area contributed by atoms with Crippen LogP contribution in [0.1, 0.15) is 38.6 Å². The van der Waals surface area contributed by atoms with Crippen LogP contribution in [0.5, 0.6) is 0 Å². The summed E-state index contributed by atoms with van der Waals surface area (Å²) in [6, 6.07) is 2.10. The lowest BCUT2D eigenvalue weighted by molar-refractivity contribution is 0.0147. The van der Waals surface area contributed by atoms with Gasteiger partial charge in [0.2, 0.25) is 0 Å². The zero-order valence-corrected chi connectivity index (χ0v) is 22.2. The van der Waals surface area contributed by atoms with Crippen molar-refractivity contribution in [3.63, 3.8) is 0 Å². The zero-order chi connectivity index (χ0) is 22.1. The fraction of sp³-hybridized carbons (Fsp3) is 0.762. The van der Waals surface area contributed by atoms with E-state index in [0.717, 1.165) is 57.3 Å². The SMILES string of the molecule is CN=C(NCCCn1nc(C)cc1C)NCCN1CCN(C(=O)OC(C)(C)C)CC1.I. The Kier molecular flexibility index (Phi) is 11.6. The maximum atomic E-state index is 12.1. The van der Waals surface area contributed by atoms with Gasteiger partial charge >= 0.3 is 6.09 Å². The first-order valence-electron chi connectivity index (χ1n) is 10.8. The zero-order valence-electron chi connectivity index (χ0n) is 19.9. The van der Waals surface area contributed by atoms with E-state index in [1.165, 1.54) is 5.69 Å². The standard InChI is InChI=1S/C21H39N7O2.HI/c1-17-16-18(2)28(25-17)10-7-8-23-19(22-6)24-9-11-26-12-14-27(15-13-26)20(29)30-21(3,4)5;/h16H,7-15H2,1-6H3,(H2,22,23,24);1H. The molecule has 1 fully saturated rings. The molecule has 0 aliphatic carbocycles. The normalized spacial score (nSPS) is 15.4. The largest absolute Gasteiger partial charge is 0.444 e. The van der Waals surface area contributed by atoms with E-state index in [0.29, 0.717) is 13.1 Å². The summed E-state index contributed by atoms with van der Waals surface area (Å²) in [5, 5.41) is 11.2. The highest BCUT2D eigenvalue weighted by Gasteiger charge is 2.25. The molecule has 0 saturated carbocycles. The Hall–Kier alpha value is -1.56. The predicted octanol–water partition coefficient (Wildman–Crippen LogP) is 2.23. The van der Waals surface area contributed by atoms with Gasteiger partial charge in [0.05, 0.1) is 5.69 Å². The molecule has 178 valence electrons. The molecule has 0 bridgehead atoms. The summed E-state index contributed by atoms with van der Waals surface area (Å²) in [5.41, 5.74) is 1.81. The van der Waals surface area contributed by atoms with Crippen LogP contribution in [0.25, 0.3) is 0 Å². The molecule has 1 aromatic heterocycles. The number of rotatable bonds is 7. The lowest BCUT2D eigenvalue weighted by Crippen LogP contribution is -2.51. The number of aromatic nitrogens is 2. The molecule has 0 atom stereocenters. The van der Waals surface area contributed by atoms with Crippen LogP contribution in [0.3, 0.4) is 0 Å². The Morgan fingerprint density at radius 1 is 1.13 bits per heavy atom. The Morgan fingerprint density at radius 3 is 2.32 bits per heavy atom. The van der Waals surface area contributed by atoms with Crippen molar-refractivity contribution in [3.8, 4) is 0 Å². The number of nitrogens with zero attached hydrogens (tertiary/aromatic N) is 5. The Bertz CT molecular complexity index is 707. The smallest absolute Gasteiger partial charge is 0.410 e. The number of halogens is 1. The molecule has 1 amide bonds. The van der Waals surface area contributed by atoms with E-state index < -0.39 is 5.60 Å². The Labute approximate surface area is 204 Å². The summed E-state index contributed by atoms with van der Waals surface area (Å²) in [7, 11) is 1.79. The van der Waals surface area contributed by atoms with E-state index in [9.17, 15) is 4.79 Å². The topological polar surface area (TPSA) is 87.0 Å². The van der Waals surface area contributed by atoms with Crippen LogP contribution in [0.4, 0.5) is 4.79 Å². The number of aliphatic imine (C=N–C) groups is 1. The number of carbonyl (C=O) groups is 1. The van der Waals surface area contributed by atoms with E-state index in [4.69, 9.17) is 4.74 Å². The molecule has 2 rings (SSSR count). The molecule has 9 nitrogen and oxygen atoms in total. The number of guanidine groups is 1. The number of carbonyl (C=O) groups excluding carboxylic acids is 1. The number of nitrogens with one attached hydrogen (secondary N) is 2. The summed E-state index contributed by atoms with van der Waals surface area (Å²) in [6.07, 6.45) is 0.764. The molecule has 2 N–H and O–H groups in total. The summed E-state index contributed by atoms with van der Waals surface area (Å²) in [5.74, 6) is 0.816. The number of ether oxygens (including phenoxy) is 1. The highest BCUT2D eigenvalue weighted by atomic mass is 127. The Morgan fingerprint density at radius 2 is 1.77 bits per heavy atom. The second kappa shape index (κ2) is 13.1. The van der Waals surface area contributed by atoms with E-state index in [2.05, 4.69) is 38.6 Å². The maximum Gasteiger partial charge on any atom is 0.410 e. The molecule has 2 heterocycles. The van der Waals surface area contributed by atoms with Crippen molar-refractivity contribution in [3.05, 3.63) is 17.5 Å². The highest BCUT2D eigenvalue weighted by Crippen LogP contribution is 2.11. The molecule has 1 aliphatic heterocycles. The monoisotopic (exact) mass is 549 g/mol. The van der Waals surface area contributed by atoms with Crippen molar-refractivity contribution >= 4 is 36.0 Å². The fourth-order valence-corrected chi connectivity index (χ4v) is 3.37. The minimum atomic E-state index is -0.447. The minimum Gasteiger partial charge on any atom is -0.444 e. The third kappa shape index (κ3) is 10.1. The fourth-order valence-electron chi connectivity index (χ4n) is 3.37. The molecule has 1 aliphatic rings. The van der Waals surface area contributed by atoms with Crippen LogP contribution in [0.15, 0.2) is 11.1 Å². The number of piperazine rings is 1. The summed E-state index contributed by atoms with van der Waals surface area (Å²) >= 11 is 0. The average molecular weight is 550 g/mol. The molecule has 0 spiro atoms. The number of amides is 1. The van der Waals surface area contributed by atoms with Crippen molar-refractivity contribution in [2.45, 2.75) is 53.2 Å². The Balaban J connectivity index is 0.00000480. The number of hydrogen-bond donors (Lipinski definition) is 2. The van der Waals surface area contributed by atoms with Crippen molar-refractivity contribution in [1.82, 2.24) is 30.2 Å². The van der Waals surface area contributed by atoms with Gasteiger partial charge < -0.3 is 20.3 Å². The molecule has 10 heteroatoms. The summed E-state index contributed by atoms with van der Waals surface area (Å²) < 4.78 is 7.49. The molecule has 1 aromatic rings. The molecule has 0 unspecified atom stereocenters. The average Bonchev–Trinajstić information content (AvgIpc) is 3.00. The second-order valence-electron chi connectivity index (χ2n) is 8.74. The molecule has 31 heavy (non-hydrogen) atoms. The summed E-state index contributed by atoms with van der Waals surface area (Å²) in [4.78, 5) is 20.6. The first-order chi connectivity index (χ1) is 14.2. The third-order valence-corrected chi connectivity index (χ3v) is 4.91. The van der Waals surface area contributed by atoms with E-state index in [1.54, 1.807) is 11.9 Å². The number of aryl methyl sites for hydroxylation is 3. The van der Waals surface area contributed by atoms with E-state index in [1.807, 2.05) is 32.4 Å². The predicted molar refractivity (Wildman–Crippen MR) is 135 cm³/mol. The highest BCUT2D eigenvalue weighted by molar-refractivity contribution is 14.0. The van der Waals surface area contributed by atoms with Gasteiger partial charge in [0.25, 0.3) is 0 Å². The molecular weight excluding hydrogens is 509 g/mol. The van der Waals surface area contributed by atoms with Gasteiger partial charge in [-0.3, -0.25) is 14.6 Å². The van der Waals surface area contributed by atoms with Crippen LogP contribution in [-0.2, 0) is 11.3 Å². The molecular formula is C21H40IN7O2. The van der Waals surface area contributed by atoms with Gasteiger partial charge in [-0.05, 0) is 47.1 Å². The van der Waals surface area contributed by atoms with E-state index >= 15 is 0 Å². The molecule has 1 saturated heterocycles. The van der Waals surface area contributed by atoms with Crippen LogP contribution < -0.4 is 10.6 Å².